The van der Waals surface area contributed by atoms with Gasteiger partial charge in [0, 0.05) is 17.3 Å². The molecule has 0 heterocycles. The number of esters is 2. The summed E-state index contributed by atoms with van der Waals surface area (Å²) in [5.41, 5.74) is -5.21. The highest BCUT2D eigenvalue weighted by molar-refractivity contribution is 5.81. The number of hydrogen-bond acceptors (Lipinski definition) is 6. The lowest BCUT2D eigenvalue weighted by molar-refractivity contribution is -0.274. The van der Waals surface area contributed by atoms with Crippen molar-refractivity contribution < 1.29 is 29.3 Å². The van der Waals surface area contributed by atoms with E-state index in [2.05, 4.69) is 13.8 Å². The van der Waals surface area contributed by atoms with Crippen molar-refractivity contribution in [3.8, 4) is 0 Å². The number of carbonyl (C=O) groups is 2. The lowest BCUT2D eigenvalue weighted by Gasteiger charge is -2.66. The number of aliphatic hydroxyl groups is 2. The Kier molecular flexibility index (Phi) is 7.59. The molecular weight excluding hydrogens is 552 g/mol. The van der Waals surface area contributed by atoms with Gasteiger partial charge in [-0.2, -0.15) is 0 Å². The molecule has 0 aliphatic heterocycles. The Morgan fingerprint density at radius 1 is 0.636 bits per heavy atom. The van der Waals surface area contributed by atoms with Gasteiger partial charge in [0.2, 0.25) is 0 Å². The van der Waals surface area contributed by atoms with Crippen molar-refractivity contribution in [2.24, 2.45) is 45.3 Å². The van der Waals surface area contributed by atoms with E-state index in [1.54, 1.807) is 0 Å². The first-order valence-electron chi connectivity index (χ1n) is 18.2. The monoisotopic (exact) mass is 614 g/mol. The van der Waals surface area contributed by atoms with Gasteiger partial charge in [-0.1, -0.05) is 20.8 Å². The zero-order chi connectivity index (χ0) is 32.2. The summed E-state index contributed by atoms with van der Waals surface area (Å²) in [4.78, 5) is 28.5. The van der Waals surface area contributed by atoms with Crippen LogP contribution in [0.5, 0.6) is 0 Å². The molecule has 8 saturated carbocycles. The zero-order valence-electron chi connectivity index (χ0n) is 29.2. The molecule has 0 amide bonds. The SMILES string of the molecule is CCC(C)(CC(C)(C)C(=O)OC(C)(C)C12CC3CC(O)(CC(O)(C3)C1)C2)C(=O)OC(CC)(CC)C12CC3CC(CC(C3)C1)C2. The molecular formula is C38H62O6. The Hall–Kier alpha value is -1.14. The van der Waals surface area contributed by atoms with Crippen LogP contribution in [0.25, 0.3) is 0 Å². The van der Waals surface area contributed by atoms with Crippen LogP contribution in [-0.2, 0) is 19.1 Å². The smallest absolute Gasteiger partial charge is 0.312 e. The highest BCUT2D eigenvalue weighted by atomic mass is 16.6. The molecule has 0 saturated heterocycles. The molecule has 8 rings (SSSR count). The summed E-state index contributed by atoms with van der Waals surface area (Å²) in [7, 11) is 0. The van der Waals surface area contributed by atoms with Crippen molar-refractivity contribution in [2.75, 3.05) is 0 Å². The van der Waals surface area contributed by atoms with E-state index < -0.39 is 38.6 Å². The summed E-state index contributed by atoms with van der Waals surface area (Å²) in [5.74, 6) is 2.11. The lowest BCUT2D eigenvalue weighted by Crippen LogP contribution is -2.68. The maximum atomic E-state index is 14.4. The quantitative estimate of drug-likeness (QED) is 0.230. The van der Waals surface area contributed by atoms with Gasteiger partial charge in [0.1, 0.15) is 11.2 Å². The molecule has 6 heteroatoms. The molecule has 8 fully saturated rings. The molecule has 3 unspecified atom stereocenters. The van der Waals surface area contributed by atoms with Crippen molar-refractivity contribution >= 4 is 11.9 Å². The van der Waals surface area contributed by atoms with Crippen LogP contribution in [-0.4, -0.2) is 44.6 Å². The van der Waals surface area contributed by atoms with Crippen molar-refractivity contribution in [3.05, 3.63) is 0 Å². The van der Waals surface area contributed by atoms with Crippen LogP contribution in [0.15, 0.2) is 0 Å². The highest BCUT2D eigenvalue weighted by Gasteiger charge is 2.68. The second-order valence-corrected chi connectivity index (χ2v) is 18.9. The highest BCUT2D eigenvalue weighted by Crippen LogP contribution is 2.68. The molecule has 6 nitrogen and oxygen atoms in total. The molecule has 8 bridgehead atoms. The van der Waals surface area contributed by atoms with E-state index in [4.69, 9.17) is 9.47 Å². The summed E-state index contributed by atoms with van der Waals surface area (Å²) in [6.45, 7) is 16.2. The molecule has 0 aromatic carbocycles. The second kappa shape index (κ2) is 10.2. The zero-order valence-corrected chi connectivity index (χ0v) is 29.2. The summed E-state index contributed by atoms with van der Waals surface area (Å²) in [6, 6.07) is 0. The van der Waals surface area contributed by atoms with Crippen LogP contribution in [0.4, 0.5) is 0 Å². The number of hydrogen-bond donors (Lipinski definition) is 2. The minimum Gasteiger partial charge on any atom is -0.459 e. The Morgan fingerprint density at radius 3 is 1.55 bits per heavy atom. The maximum absolute atomic E-state index is 14.4. The summed E-state index contributed by atoms with van der Waals surface area (Å²) in [5, 5.41) is 22.8. The fourth-order valence-corrected chi connectivity index (χ4v) is 13.1. The predicted molar refractivity (Wildman–Crippen MR) is 171 cm³/mol. The molecule has 0 aromatic heterocycles. The fourth-order valence-electron chi connectivity index (χ4n) is 13.1. The molecule has 250 valence electrons. The second-order valence-electron chi connectivity index (χ2n) is 18.9. The standard InChI is InChI=1S/C38H62O6/c1-9-33(8,30(40)44-38(10-2,11-3)34-15-25-12-26(16-34)14-27(13-25)17-34)21-31(4,5)29(39)43-32(6,7)35-18-28-19-36(41,22-35)24-37(42,20-28)23-35/h25-28,41-42H,9-24H2,1-8H3. The van der Waals surface area contributed by atoms with Crippen LogP contribution in [0, 0.1) is 45.3 Å². The number of rotatable bonds is 11. The van der Waals surface area contributed by atoms with Crippen molar-refractivity contribution in [3.63, 3.8) is 0 Å². The van der Waals surface area contributed by atoms with Gasteiger partial charge in [0.15, 0.2) is 0 Å². The first-order valence-corrected chi connectivity index (χ1v) is 18.2. The van der Waals surface area contributed by atoms with Crippen molar-refractivity contribution in [1.29, 1.82) is 0 Å². The molecule has 0 radical (unpaired) electrons. The average Bonchev–Trinajstić information content (AvgIpc) is 2.88. The van der Waals surface area contributed by atoms with Gasteiger partial charge < -0.3 is 19.7 Å². The van der Waals surface area contributed by atoms with Crippen LogP contribution < -0.4 is 0 Å². The Morgan fingerprint density at radius 2 is 1.11 bits per heavy atom. The van der Waals surface area contributed by atoms with Gasteiger partial charge in [0.05, 0.1) is 22.0 Å². The van der Waals surface area contributed by atoms with E-state index in [1.807, 2.05) is 41.5 Å². The van der Waals surface area contributed by atoms with Crippen LogP contribution >= 0.6 is 0 Å². The Labute approximate surface area is 266 Å². The molecule has 3 atom stereocenters. The third kappa shape index (κ3) is 5.01. The third-order valence-corrected chi connectivity index (χ3v) is 14.7. The van der Waals surface area contributed by atoms with Crippen LogP contribution in [0.3, 0.4) is 0 Å². The molecule has 0 spiro atoms. The van der Waals surface area contributed by atoms with Gasteiger partial charge in [0.25, 0.3) is 0 Å². The van der Waals surface area contributed by atoms with Crippen molar-refractivity contribution in [1.82, 2.24) is 0 Å². The molecule has 8 aliphatic carbocycles. The van der Waals surface area contributed by atoms with E-state index in [0.29, 0.717) is 32.1 Å². The maximum Gasteiger partial charge on any atom is 0.312 e. The van der Waals surface area contributed by atoms with Gasteiger partial charge in [-0.3, -0.25) is 9.59 Å². The van der Waals surface area contributed by atoms with E-state index in [9.17, 15) is 19.8 Å². The first kappa shape index (κ1) is 32.8. The normalized spacial score (nSPS) is 42.3. The van der Waals surface area contributed by atoms with Gasteiger partial charge in [-0.15, -0.1) is 0 Å². The van der Waals surface area contributed by atoms with E-state index in [1.165, 1.54) is 38.5 Å². The van der Waals surface area contributed by atoms with Crippen molar-refractivity contribution in [2.45, 2.75) is 181 Å². The topological polar surface area (TPSA) is 93.1 Å². The van der Waals surface area contributed by atoms with Gasteiger partial charge in [-0.25, -0.2) is 0 Å². The minimum absolute atomic E-state index is 0.0834. The molecule has 8 aliphatic rings. The van der Waals surface area contributed by atoms with E-state index in [0.717, 1.165) is 49.9 Å². The number of ether oxygens (including phenoxy) is 2. The Balaban J connectivity index is 1.18. The van der Waals surface area contributed by atoms with E-state index >= 15 is 0 Å². The van der Waals surface area contributed by atoms with Gasteiger partial charge >= 0.3 is 11.9 Å². The Bertz CT molecular complexity index is 1110. The summed E-state index contributed by atoms with van der Waals surface area (Å²) in [6.07, 6.45) is 14.1. The number of carbonyl (C=O) groups excluding carboxylic acids is 2. The lowest BCUT2D eigenvalue weighted by atomic mass is 9.43. The van der Waals surface area contributed by atoms with Crippen LogP contribution in [0.1, 0.15) is 158 Å². The van der Waals surface area contributed by atoms with Crippen LogP contribution in [0.2, 0.25) is 0 Å². The minimum atomic E-state index is -0.918. The summed E-state index contributed by atoms with van der Waals surface area (Å²) < 4.78 is 13.3. The molecule has 0 aromatic rings. The van der Waals surface area contributed by atoms with Gasteiger partial charge in [-0.05, 0) is 155 Å². The summed E-state index contributed by atoms with van der Waals surface area (Å²) >= 11 is 0. The molecule has 2 N–H and O–H groups in total. The predicted octanol–water partition coefficient (Wildman–Crippen LogP) is 7.91. The first-order chi connectivity index (χ1) is 20.3. The average molecular weight is 615 g/mol. The third-order valence-electron chi connectivity index (χ3n) is 14.7. The molecule has 44 heavy (non-hydrogen) atoms. The fraction of sp³-hybridized carbons (Fsp3) is 0.947. The largest absolute Gasteiger partial charge is 0.459 e. The van der Waals surface area contributed by atoms with E-state index in [-0.39, 0.29) is 23.3 Å².